The van der Waals surface area contributed by atoms with Gasteiger partial charge in [0.15, 0.2) is 0 Å². The molecule has 0 spiro atoms. The van der Waals surface area contributed by atoms with Crippen LogP contribution in [0.4, 0.5) is 13.6 Å². The maximum Gasteiger partial charge on any atom is 0.408 e. The number of alkyl halides is 2. The van der Waals surface area contributed by atoms with Crippen molar-refractivity contribution in [3.63, 3.8) is 0 Å². The first-order chi connectivity index (χ1) is 31.8. The fourth-order valence-corrected chi connectivity index (χ4v) is 10.5. The summed E-state index contributed by atoms with van der Waals surface area (Å²) in [6, 6.07) is 34.0. The summed E-state index contributed by atoms with van der Waals surface area (Å²) in [6.45, 7) is 12.9. The SMILES string of the molecule is CC(CC[C@@H]1C[C@H](F)CN1C(=O)[C@H](NC(=O)OC(C)(C)C)c1ccccc1)c1ccc(-c2ccc(C3CCC([C@@H]4C[C@H](F)CN4C(=O)[C@H](CC(=O)OC(C)(C)C)c4ccccc4)C3)cc2)cc1. The Balaban J connectivity index is 0.948. The summed E-state index contributed by atoms with van der Waals surface area (Å²) in [5.41, 5.74) is 4.51. The molecule has 9 atom stereocenters. The highest BCUT2D eigenvalue weighted by atomic mass is 19.1. The van der Waals surface area contributed by atoms with Crippen LogP contribution < -0.4 is 5.32 Å². The molecule has 67 heavy (non-hydrogen) atoms. The van der Waals surface area contributed by atoms with Gasteiger partial charge in [0.05, 0.1) is 25.4 Å². The van der Waals surface area contributed by atoms with E-state index in [-0.39, 0.29) is 61.7 Å². The lowest BCUT2D eigenvalue weighted by Crippen LogP contribution is -2.46. The van der Waals surface area contributed by atoms with E-state index < -0.39 is 47.6 Å². The topological polar surface area (TPSA) is 105 Å². The van der Waals surface area contributed by atoms with Crippen molar-refractivity contribution in [2.45, 2.75) is 159 Å². The molecular formula is C56H69F2N3O6. The second-order valence-electron chi connectivity index (χ2n) is 21.1. The van der Waals surface area contributed by atoms with E-state index in [1.54, 1.807) is 54.8 Å². The molecule has 0 radical (unpaired) electrons. The second kappa shape index (κ2) is 21.2. The van der Waals surface area contributed by atoms with Gasteiger partial charge in [-0.3, -0.25) is 14.4 Å². The zero-order valence-corrected chi connectivity index (χ0v) is 40.3. The van der Waals surface area contributed by atoms with Crippen LogP contribution in [0.25, 0.3) is 11.1 Å². The van der Waals surface area contributed by atoms with Gasteiger partial charge in [0.25, 0.3) is 0 Å². The Morgan fingerprint density at radius 1 is 0.657 bits per heavy atom. The molecule has 1 aliphatic carbocycles. The maximum absolute atomic E-state index is 15.3. The van der Waals surface area contributed by atoms with Crippen molar-refractivity contribution in [2.75, 3.05) is 13.1 Å². The zero-order valence-electron chi connectivity index (χ0n) is 40.3. The van der Waals surface area contributed by atoms with E-state index in [1.807, 2.05) is 57.2 Å². The monoisotopic (exact) mass is 918 g/mol. The van der Waals surface area contributed by atoms with Crippen molar-refractivity contribution in [1.82, 2.24) is 15.1 Å². The molecule has 3 aliphatic rings. The van der Waals surface area contributed by atoms with E-state index >= 15 is 8.78 Å². The van der Waals surface area contributed by atoms with Crippen LogP contribution in [-0.4, -0.2) is 82.4 Å². The molecule has 9 nitrogen and oxygen atoms in total. The van der Waals surface area contributed by atoms with Crippen molar-refractivity contribution in [3.05, 3.63) is 131 Å². The van der Waals surface area contributed by atoms with Gasteiger partial charge in [0.2, 0.25) is 11.8 Å². The summed E-state index contributed by atoms with van der Waals surface area (Å²) in [5, 5.41) is 2.75. The number of alkyl carbamates (subject to hydrolysis) is 1. The number of esters is 1. The summed E-state index contributed by atoms with van der Waals surface area (Å²) in [5.74, 6) is -1.11. The highest BCUT2D eigenvalue weighted by Crippen LogP contribution is 2.45. The molecule has 358 valence electrons. The molecular weight excluding hydrogens is 849 g/mol. The lowest BCUT2D eigenvalue weighted by Gasteiger charge is -2.32. The number of nitrogens with one attached hydrogen (secondary N) is 1. The molecule has 0 aromatic heterocycles. The minimum Gasteiger partial charge on any atom is -0.460 e. The Hall–Kier alpha value is -5.58. The van der Waals surface area contributed by atoms with Gasteiger partial charge < -0.3 is 24.6 Å². The summed E-state index contributed by atoms with van der Waals surface area (Å²) < 4.78 is 41.4. The minimum atomic E-state index is -1.14. The van der Waals surface area contributed by atoms with Crippen LogP contribution in [0.2, 0.25) is 0 Å². The van der Waals surface area contributed by atoms with Gasteiger partial charge in [-0.2, -0.15) is 0 Å². The number of carbonyl (C=O) groups is 4. The van der Waals surface area contributed by atoms with Crippen molar-refractivity contribution < 1.29 is 37.4 Å². The Morgan fingerprint density at radius 3 is 1.84 bits per heavy atom. The van der Waals surface area contributed by atoms with E-state index in [2.05, 4.69) is 60.8 Å². The van der Waals surface area contributed by atoms with Gasteiger partial charge in [-0.05, 0) is 125 Å². The molecule has 3 fully saturated rings. The Morgan fingerprint density at radius 2 is 1.22 bits per heavy atom. The van der Waals surface area contributed by atoms with Gasteiger partial charge in [0.1, 0.15) is 29.6 Å². The number of halogens is 2. The zero-order chi connectivity index (χ0) is 48.0. The number of ether oxygens (including phenoxy) is 2. The quantitative estimate of drug-likeness (QED) is 0.126. The van der Waals surface area contributed by atoms with Gasteiger partial charge in [-0.15, -0.1) is 0 Å². The third kappa shape index (κ3) is 12.9. The molecule has 7 rings (SSSR count). The molecule has 0 bridgehead atoms. The Labute approximate surface area is 396 Å². The number of hydrogen-bond donors (Lipinski definition) is 1. The lowest BCUT2D eigenvalue weighted by molar-refractivity contribution is -0.157. The predicted molar refractivity (Wildman–Crippen MR) is 258 cm³/mol. The van der Waals surface area contributed by atoms with Crippen LogP contribution >= 0.6 is 0 Å². The molecule has 2 heterocycles. The summed E-state index contributed by atoms with van der Waals surface area (Å²) in [4.78, 5) is 57.6. The number of amides is 3. The van der Waals surface area contributed by atoms with Gasteiger partial charge in [-0.1, -0.05) is 116 Å². The first-order valence-corrected chi connectivity index (χ1v) is 24.2. The number of rotatable bonds is 14. The number of likely N-dealkylation sites (tertiary alicyclic amines) is 2. The van der Waals surface area contributed by atoms with Crippen LogP contribution in [0, 0.1) is 5.92 Å². The molecule has 4 aromatic carbocycles. The molecule has 2 saturated heterocycles. The van der Waals surface area contributed by atoms with E-state index in [4.69, 9.17) is 9.47 Å². The third-order valence-electron chi connectivity index (χ3n) is 13.7. The van der Waals surface area contributed by atoms with E-state index in [1.165, 1.54) is 5.56 Å². The number of hydrogen-bond acceptors (Lipinski definition) is 6. The summed E-state index contributed by atoms with van der Waals surface area (Å²) in [7, 11) is 0. The van der Waals surface area contributed by atoms with Gasteiger partial charge >= 0.3 is 12.1 Å². The first kappa shape index (κ1) is 49.3. The van der Waals surface area contributed by atoms with Crippen molar-refractivity contribution >= 4 is 23.9 Å². The number of carbonyl (C=O) groups excluding carboxylic acids is 4. The summed E-state index contributed by atoms with van der Waals surface area (Å²) in [6.07, 6.45) is 1.63. The van der Waals surface area contributed by atoms with E-state index in [0.717, 1.165) is 47.9 Å². The van der Waals surface area contributed by atoms with Crippen LogP contribution in [0.3, 0.4) is 0 Å². The lowest BCUT2D eigenvalue weighted by atomic mass is 9.89. The van der Waals surface area contributed by atoms with Crippen LogP contribution in [0.15, 0.2) is 109 Å². The molecule has 2 aliphatic heterocycles. The predicted octanol–water partition coefficient (Wildman–Crippen LogP) is 11.8. The number of nitrogens with zero attached hydrogens (tertiary/aromatic N) is 2. The number of benzene rings is 4. The average molecular weight is 918 g/mol. The fraction of sp³-hybridized carbons (Fsp3) is 0.500. The average Bonchev–Trinajstić information content (AvgIpc) is 4.04. The Bertz CT molecular complexity index is 2300. The highest BCUT2D eigenvalue weighted by molar-refractivity contribution is 5.89. The standard InChI is InChI=1S/C56H69F2N3O6/c1-36(18-29-47-31-45(57)34-60(47)53(64)51(42-16-12-9-13-17-42)59-54(65)67-56(5,6)7)37-19-21-38(22-20-37)39-23-25-40(26-24-39)43-27-28-44(30-43)49-32-46(58)35-61(49)52(63)48(41-14-10-8-11-15-41)33-50(62)66-55(2,3)4/h8-17,19-26,36,43-49,51H,18,27-35H2,1-7H3,(H,59,65)/t36?,43?,44?,45-,46-,47+,48+,49-,51+/m0/s1. The third-order valence-corrected chi connectivity index (χ3v) is 13.7. The molecule has 3 unspecified atom stereocenters. The normalized spacial score (nSPS) is 23.4. The minimum absolute atomic E-state index is 0.0139. The van der Waals surface area contributed by atoms with E-state index in [9.17, 15) is 19.2 Å². The molecule has 4 aromatic rings. The van der Waals surface area contributed by atoms with Crippen molar-refractivity contribution in [2.24, 2.45) is 5.92 Å². The largest absolute Gasteiger partial charge is 0.460 e. The van der Waals surface area contributed by atoms with Crippen molar-refractivity contribution in [1.29, 1.82) is 0 Å². The smallest absolute Gasteiger partial charge is 0.408 e. The van der Waals surface area contributed by atoms with Crippen molar-refractivity contribution in [3.8, 4) is 11.1 Å². The van der Waals surface area contributed by atoms with Crippen LogP contribution in [-0.2, 0) is 23.9 Å². The van der Waals surface area contributed by atoms with Gasteiger partial charge in [0, 0.05) is 24.9 Å². The first-order valence-electron chi connectivity index (χ1n) is 24.2. The second-order valence-corrected chi connectivity index (χ2v) is 21.1. The highest BCUT2D eigenvalue weighted by Gasteiger charge is 2.45. The summed E-state index contributed by atoms with van der Waals surface area (Å²) >= 11 is 0. The van der Waals surface area contributed by atoms with Crippen LogP contribution in [0.5, 0.6) is 0 Å². The van der Waals surface area contributed by atoms with E-state index in [0.29, 0.717) is 24.3 Å². The van der Waals surface area contributed by atoms with Gasteiger partial charge in [-0.25, -0.2) is 13.6 Å². The molecule has 1 saturated carbocycles. The molecule has 11 heteroatoms. The molecule has 1 N–H and O–H groups in total. The van der Waals surface area contributed by atoms with Crippen LogP contribution in [0.1, 0.15) is 146 Å². The Kier molecular flexibility index (Phi) is 15.6. The molecule has 3 amide bonds. The maximum atomic E-state index is 15.3. The fourth-order valence-electron chi connectivity index (χ4n) is 10.5.